The van der Waals surface area contributed by atoms with Crippen molar-refractivity contribution in [3.8, 4) is 22.8 Å². The number of nitrogens with two attached hydrogens (primary N) is 1. The molecule has 2 heterocycles. The molecule has 7 nitrogen and oxygen atoms in total. The van der Waals surface area contributed by atoms with Gasteiger partial charge in [0.05, 0.1) is 5.69 Å². The molecule has 2 aromatic heterocycles. The number of hydrogen-bond acceptors (Lipinski definition) is 7. The maximum absolute atomic E-state index is 14.9. The number of nitrogen functional groups attached to an aromatic ring is 1. The van der Waals surface area contributed by atoms with Crippen molar-refractivity contribution < 1.29 is 9.13 Å². The fourth-order valence-electron chi connectivity index (χ4n) is 3.38. The first-order chi connectivity index (χ1) is 16.1. The molecule has 2 aromatic carbocycles. The van der Waals surface area contributed by atoms with Crippen LogP contribution < -0.4 is 15.8 Å². The monoisotopic (exact) mass is 442 g/mol. The maximum Gasteiger partial charge on any atom is 0.222 e. The van der Waals surface area contributed by atoms with E-state index in [9.17, 15) is 4.39 Å². The second-order valence-electron chi connectivity index (χ2n) is 7.18. The van der Waals surface area contributed by atoms with Crippen LogP contribution in [-0.2, 0) is 6.42 Å². The number of rotatable bonds is 7. The van der Waals surface area contributed by atoms with Crippen molar-refractivity contribution in [3.63, 3.8) is 0 Å². The number of halogens is 1. The van der Waals surface area contributed by atoms with Crippen molar-refractivity contribution >= 4 is 23.5 Å². The Morgan fingerprint density at radius 3 is 2.61 bits per heavy atom. The molecule has 0 fully saturated rings. The second-order valence-corrected chi connectivity index (χ2v) is 7.18. The third-order valence-electron chi connectivity index (χ3n) is 4.89. The van der Waals surface area contributed by atoms with Crippen LogP contribution in [0.3, 0.4) is 0 Å². The van der Waals surface area contributed by atoms with Crippen LogP contribution in [0.5, 0.6) is 11.5 Å². The summed E-state index contributed by atoms with van der Waals surface area (Å²) in [6.07, 6.45) is 9.44. The highest BCUT2D eigenvalue weighted by atomic mass is 19.1. The Bertz CT molecular complexity index is 1290. The average Bonchev–Trinajstić information content (AvgIpc) is 2.82. The SMILES string of the molecule is C/C=C\c1c(CC)cccc1Oc1ccc(Nc2cc(-c3cncnc3)nc(N)n2)cc1F. The molecule has 166 valence electrons. The molecule has 0 amide bonds. The minimum atomic E-state index is -0.507. The van der Waals surface area contributed by atoms with Gasteiger partial charge in [-0.2, -0.15) is 4.98 Å². The third-order valence-corrected chi connectivity index (χ3v) is 4.89. The molecule has 0 aliphatic carbocycles. The summed E-state index contributed by atoms with van der Waals surface area (Å²) in [5, 5.41) is 3.06. The van der Waals surface area contributed by atoms with Gasteiger partial charge in [-0.1, -0.05) is 31.2 Å². The zero-order chi connectivity index (χ0) is 23.2. The molecule has 0 atom stereocenters. The van der Waals surface area contributed by atoms with Crippen molar-refractivity contribution in [3.05, 3.63) is 84.2 Å². The number of anilines is 3. The van der Waals surface area contributed by atoms with E-state index in [1.165, 1.54) is 12.4 Å². The van der Waals surface area contributed by atoms with Crippen LogP contribution in [0.1, 0.15) is 25.0 Å². The Labute approximate surface area is 191 Å². The molecular weight excluding hydrogens is 419 g/mol. The fraction of sp³-hybridized carbons (Fsp3) is 0.120. The van der Waals surface area contributed by atoms with Crippen LogP contribution in [0.2, 0.25) is 0 Å². The number of ether oxygens (including phenoxy) is 1. The summed E-state index contributed by atoms with van der Waals surface area (Å²) < 4.78 is 20.8. The van der Waals surface area contributed by atoms with Gasteiger partial charge >= 0.3 is 0 Å². The number of hydrogen-bond donors (Lipinski definition) is 2. The van der Waals surface area contributed by atoms with Gasteiger partial charge in [-0.3, -0.25) is 0 Å². The van der Waals surface area contributed by atoms with E-state index in [0.717, 1.165) is 17.5 Å². The molecule has 3 N–H and O–H groups in total. The van der Waals surface area contributed by atoms with E-state index in [4.69, 9.17) is 10.5 Å². The Morgan fingerprint density at radius 1 is 1.06 bits per heavy atom. The van der Waals surface area contributed by atoms with E-state index in [1.54, 1.807) is 30.6 Å². The predicted octanol–water partition coefficient (Wildman–Crippen LogP) is 5.79. The van der Waals surface area contributed by atoms with Gasteiger partial charge in [0.25, 0.3) is 0 Å². The molecule has 4 aromatic rings. The number of nitrogens with zero attached hydrogens (tertiary/aromatic N) is 4. The highest BCUT2D eigenvalue weighted by Crippen LogP contribution is 2.32. The van der Waals surface area contributed by atoms with Crippen molar-refractivity contribution in [1.82, 2.24) is 19.9 Å². The van der Waals surface area contributed by atoms with Crippen LogP contribution >= 0.6 is 0 Å². The number of benzene rings is 2. The zero-order valence-electron chi connectivity index (χ0n) is 18.3. The van der Waals surface area contributed by atoms with Gasteiger partial charge in [-0.15, -0.1) is 0 Å². The van der Waals surface area contributed by atoms with E-state index >= 15 is 0 Å². The van der Waals surface area contributed by atoms with E-state index in [-0.39, 0.29) is 11.7 Å². The van der Waals surface area contributed by atoms with Gasteiger partial charge in [0, 0.05) is 41.3 Å². The smallest absolute Gasteiger partial charge is 0.222 e. The number of aryl methyl sites for hydroxylation is 1. The summed E-state index contributed by atoms with van der Waals surface area (Å²) in [4.78, 5) is 16.4. The van der Waals surface area contributed by atoms with Crippen molar-refractivity contribution in [1.29, 1.82) is 0 Å². The molecule has 0 aliphatic heterocycles. The van der Waals surface area contributed by atoms with Gasteiger partial charge in [-0.25, -0.2) is 19.3 Å². The lowest BCUT2D eigenvalue weighted by Gasteiger charge is -2.14. The summed E-state index contributed by atoms with van der Waals surface area (Å²) in [7, 11) is 0. The Morgan fingerprint density at radius 2 is 1.88 bits per heavy atom. The molecule has 4 rings (SSSR count). The number of aromatic nitrogens is 4. The fourth-order valence-corrected chi connectivity index (χ4v) is 3.38. The summed E-state index contributed by atoms with van der Waals surface area (Å²) in [6.45, 7) is 4.01. The third kappa shape index (κ3) is 5.12. The van der Waals surface area contributed by atoms with Crippen LogP contribution in [-0.4, -0.2) is 19.9 Å². The first-order valence-corrected chi connectivity index (χ1v) is 10.5. The largest absolute Gasteiger partial charge is 0.454 e. The lowest BCUT2D eigenvalue weighted by Crippen LogP contribution is -2.02. The minimum absolute atomic E-state index is 0.0755. The lowest BCUT2D eigenvalue weighted by molar-refractivity contribution is 0.441. The molecule has 0 aliphatic rings. The first-order valence-electron chi connectivity index (χ1n) is 10.5. The van der Waals surface area contributed by atoms with Crippen LogP contribution in [0.25, 0.3) is 17.3 Å². The summed E-state index contributed by atoms with van der Waals surface area (Å²) in [5.41, 5.74) is 9.66. The summed E-state index contributed by atoms with van der Waals surface area (Å²) >= 11 is 0. The quantitative estimate of drug-likeness (QED) is 0.374. The predicted molar refractivity (Wildman–Crippen MR) is 128 cm³/mol. The summed E-state index contributed by atoms with van der Waals surface area (Å²) in [5.74, 6) is 0.716. The first kappa shape index (κ1) is 21.9. The molecule has 8 heteroatoms. The normalized spacial score (nSPS) is 11.0. The highest BCUT2D eigenvalue weighted by molar-refractivity contribution is 5.67. The minimum Gasteiger partial charge on any atom is -0.454 e. The van der Waals surface area contributed by atoms with Crippen LogP contribution in [0.15, 0.2) is 67.3 Å². The van der Waals surface area contributed by atoms with E-state index in [0.29, 0.717) is 28.5 Å². The number of nitrogens with one attached hydrogen (secondary N) is 1. The van der Waals surface area contributed by atoms with Gasteiger partial charge in [-0.05, 0) is 37.1 Å². The van der Waals surface area contributed by atoms with Gasteiger partial charge in [0.1, 0.15) is 17.9 Å². The van der Waals surface area contributed by atoms with Crippen LogP contribution in [0, 0.1) is 5.82 Å². The Hall–Kier alpha value is -4.33. The van der Waals surface area contributed by atoms with Crippen molar-refractivity contribution in [2.75, 3.05) is 11.1 Å². The van der Waals surface area contributed by atoms with E-state index < -0.39 is 5.82 Å². The zero-order valence-corrected chi connectivity index (χ0v) is 18.3. The van der Waals surface area contributed by atoms with E-state index in [1.807, 2.05) is 37.3 Å². The molecule has 0 radical (unpaired) electrons. The molecule has 0 unspecified atom stereocenters. The molecule has 0 bridgehead atoms. The summed E-state index contributed by atoms with van der Waals surface area (Å²) in [6, 6.07) is 12.1. The van der Waals surface area contributed by atoms with E-state index in [2.05, 4.69) is 32.2 Å². The van der Waals surface area contributed by atoms with Gasteiger partial charge < -0.3 is 15.8 Å². The Balaban J connectivity index is 1.58. The van der Waals surface area contributed by atoms with Crippen molar-refractivity contribution in [2.24, 2.45) is 0 Å². The maximum atomic E-state index is 14.9. The average molecular weight is 442 g/mol. The molecule has 0 saturated heterocycles. The highest BCUT2D eigenvalue weighted by Gasteiger charge is 2.12. The topological polar surface area (TPSA) is 98.8 Å². The van der Waals surface area contributed by atoms with Gasteiger partial charge in [0.15, 0.2) is 11.6 Å². The standard InChI is InChI=1S/C25H23FN6O/c1-3-6-19-16(4-2)7-5-8-22(19)33-23-10-9-18(11-20(23)26)30-24-12-21(31-25(27)32-24)17-13-28-15-29-14-17/h3,5-15H,4H2,1-2H3,(H3,27,30,31,32)/b6-3-. The molecular formula is C25H23FN6O. The van der Waals surface area contributed by atoms with Crippen LogP contribution in [0.4, 0.5) is 21.8 Å². The van der Waals surface area contributed by atoms with Crippen molar-refractivity contribution in [2.45, 2.75) is 20.3 Å². The number of allylic oxidation sites excluding steroid dienone is 1. The molecule has 33 heavy (non-hydrogen) atoms. The molecule has 0 spiro atoms. The van der Waals surface area contributed by atoms with Gasteiger partial charge in [0.2, 0.25) is 5.95 Å². The lowest BCUT2D eigenvalue weighted by atomic mass is 10.0. The molecule has 0 saturated carbocycles. The second kappa shape index (κ2) is 9.86. The Kier molecular flexibility index (Phi) is 6.54.